The number of amides is 1. The predicted molar refractivity (Wildman–Crippen MR) is 100 cm³/mol. The molecule has 1 aromatic carbocycles. The van der Waals surface area contributed by atoms with Crippen molar-refractivity contribution in [2.24, 2.45) is 11.8 Å². The lowest BCUT2D eigenvalue weighted by Gasteiger charge is -2.36. The molecule has 1 aliphatic carbocycles. The number of nitrogens with zero attached hydrogens (tertiary/aromatic N) is 2. The fourth-order valence-corrected chi connectivity index (χ4v) is 3.98. The van der Waals surface area contributed by atoms with Crippen molar-refractivity contribution in [1.29, 1.82) is 0 Å². The van der Waals surface area contributed by atoms with Gasteiger partial charge in [-0.05, 0) is 63.5 Å². The van der Waals surface area contributed by atoms with Gasteiger partial charge in [-0.3, -0.25) is 9.69 Å². The van der Waals surface area contributed by atoms with Gasteiger partial charge in [0.15, 0.2) is 0 Å². The molecule has 138 valence electrons. The van der Waals surface area contributed by atoms with Crippen molar-refractivity contribution in [2.45, 2.75) is 58.2 Å². The minimum Gasteiger partial charge on any atom is -0.393 e. The second-order valence-electron chi connectivity index (χ2n) is 7.96. The van der Waals surface area contributed by atoms with Crippen LogP contribution in [-0.4, -0.2) is 52.6 Å². The van der Waals surface area contributed by atoms with Crippen LogP contribution in [-0.2, 0) is 11.3 Å². The zero-order valence-electron chi connectivity index (χ0n) is 15.6. The molecule has 1 saturated heterocycles. The SMILES string of the molecule is CC(O)C1CCCN(CC(=O)N(Cc2ccccc2)C(C)C2CC2)C1. The molecule has 1 saturated carbocycles. The van der Waals surface area contributed by atoms with E-state index in [2.05, 4.69) is 28.9 Å². The normalized spacial score (nSPS) is 23.9. The maximum Gasteiger partial charge on any atom is 0.237 e. The van der Waals surface area contributed by atoms with Crippen LogP contribution in [0, 0.1) is 11.8 Å². The first-order valence-electron chi connectivity index (χ1n) is 9.78. The maximum absolute atomic E-state index is 13.1. The number of aliphatic hydroxyl groups is 1. The number of carbonyl (C=O) groups excluding carboxylic acids is 1. The van der Waals surface area contributed by atoms with Gasteiger partial charge in [0, 0.05) is 19.1 Å². The van der Waals surface area contributed by atoms with Gasteiger partial charge in [0.2, 0.25) is 5.91 Å². The highest BCUT2D eigenvalue weighted by atomic mass is 16.3. The molecule has 3 rings (SSSR count). The highest BCUT2D eigenvalue weighted by Gasteiger charge is 2.35. The summed E-state index contributed by atoms with van der Waals surface area (Å²) in [5, 5.41) is 9.88. The summed E-state index contributed by atoms with van der Waals surface area (Å²) in [6.45, 7) is 7.05. The van der Waals surface area contributed by atoms with Crippen LogP contribution in [0.2, 0.25) is 0 Å². The Hall–Kier alpha value is -1.39. The monoisotopic (exact) mass is 344 g/mol. The first-order chi connectivity index (χ1) is 12.0. The van der Waals surface area contributed by atoms with Gasteiger partial charge >= 0.3 is 0 Å². The minimum atomic E-state index is -0.288. The number of likely N-dealkylation sites (tertiary alicyclic amines) is 1. The summed E-state index contributed by atoms with van der Waals surface area (Å²) in [4.78, 5) is 17.4. The van der Waals surface area contributed by atoms with Gasteiger partial charge in [0.1, 0.15) is 0 Å². The number of aliphatic hydroxyl groups excluding tert-OH is 1. The fourth-order valence-electron chi connectivity index (χ4n) is 3.98. The van der Waals surface area contributed by atoms with Gasteiger partial charge in [-0.25, -0.2) is 0 Å². The first-order valence-corrected chi connectivity index (χ1v) is 9.78. The molecule has 1 aromatic rings. The average molecular weight is 344 g/mol. The molecule has 0 spiro atoms. The fraction of sp³-hybridized carbons (Fsp3) is 0.667. The highest BCUT2D eigenvalue weighted by molar-refractivity contribution is 5.78. The smallest absolute Gasteiger partial charge is 0.237 e. The molecule has 3 atom stereocenters. The Kier molecular flexibility index (Phi) is 6.13. The number of rotatable bonds is 7. The molecule has 1 amide bonds. The van der Waals surface area contributed by atoms with Crippen LogP contribution in [0.4, 0.5) is 0 Å². The molecule has 0 aromatic heterocycles. The molecule has 0 radical (unpaired) electrons. The van der Waals surface area contributed by atoms with Crippen molar-refractivity contribution in [3.63, 3.8) is 0 Å². The third-order valence-electron chi connectivity index (χ3n) is 5.89. The molecule has 2 aliphatic rings. The van der Waals surface area contributed by atoms with E-state index in [0.29, 0.717) is 31.0 Å². The predicted octanol–water partition coefficient (Wildman–Crippen LogP) is 2.91. The lowest BCUT2D eigenvalue weighted by Crippen LogP contribution is -2.48. The van der Waals surface area contributed by atoms with Crippen molar-refractivity contribution in [3.05, 3.63) is 35.9 Å². The van der Waals surface area contributed by atoms with Gasteiger partial charge in [-0.1, -0.05) is 30.3 Å². The van der Waals surface area contributed by atoms with Crippen molar-refractivity contribution >= 4 is 5.91 Å². The second-order valence-corrected chi connectivity index (χ2v) is 7.96. The summed E-state index contributed by atoms with van der Waals surface area (Å²) in [6.07, 6.45) is 4.33. The van der Waals surface area contributed by atoms with E-state index in [9.17, 15) is 9.90 Å². The Bertz CT molecular complexity index is 556. The van der Waals surface area contributed by atoms with E-state index in [1.807, 2.05) is 25.1 Å². The third kappa shape index (κ3) is 5.05. The molecule has 1 N–H and O–H groups in total. The standard InChI is InChI=1S/C21H32N2O2/c1-16(19-10-11-19)23(13-18-7-4-3-5-8-18)21(25)15-22-12-6-9-20(14-22)17(2)24/h3-5,7-8,16-17,19-20,24H,6,9-15H2,1-2H3. The van der Waals surface area contributed by atoms with Crippen LogP contribution >= 0.6 is 0 Å². The van der Waals surface area contributed by atoms with E-state index >= 15 is 0 Å². The number of hydrogen-bond acceptors (Lipinski definition) is 3. The molecule has 2 fully saturated rings. The van der Waals surface area contributed by atoms with E-state index < -0.39 is 0 Å². The zero-order chi connectivity index (χ0) is 17.8. The zero-order valence-corrected chi connectivity index (χ0v) is 15.6. The molecule has 1 heterocycles. The Morgan fingerprint density at radius 2 is 1.92 bits per heavy atom. The van der Waals surface area contributed by atoms with Gasteiger partial charge in [-0.15, -0.1) is 0 Å². The lowest BCUT2D eigenvalue weighted by atomic mass is 9.93. The average Bonchev–Trinajstić information content (AvgIpc) is 3.45. The van der Waals surface area contributed by atoms with E-state index in [4.69, 9.17) is 0 Å². The molecule has 3 unspecified atom stereocenters. The Morgan fingerprint density at radius 3 is 2.56 bits per heavy atom. The number of hydrogen-bond donors (Lipinski definition) is 1. The van der Waals surface area contributed by atoms with Crippen molar-refractivity contribution in [2.75, 3.05) is 19.6 Å². The van der Waals surface area contributed by atoms with Gasteiger partial charge in [0.25, 0.3) is 0 Å². The van der Waals surface area contributed by atoms with Gasteiger partial charge in [0.05, 0.1) is 12.6 Å². The van der Waals surface area contributed by atoms with Crippen LogP contribution < -0.4 is 0 Å². The van der Waals surface area contributed by atoms with E-state index in [-0.39, 0.29) is 12.0 Å². The Morgan fingerprint density at radius 1 is 1.20 bits per heavy atom. The summed E-state index contributed by atoms with van der Waals surface area (Å²) >= 11 is 0. The minimum absolute atomic E-state index is 0.231. The number of piperidine rings is 1. The highest BCUT2D eigenvalue weighted by Crippen LogP contribution is 2.35. The Labute approximate surface area is 151 Å². The molecular formula is C21H32N2O2. The summed E-state index contributed by atoms with van der Waals surface area (Å²) in [6, 6.07) is 10.6. The van der Waals surface area contributed by atoms with Crippen LogP contribution in [0.5, 0.6) is 0 Å². The quantitative estimate of drug-likeness (QED) is 0.827. The van der Waals surface area contributed by atoms with Crippen LogP contribution in [0.1, 0.15) is 45.1 Å². The van der Waals surface area contributed by atoms with Gasteiger partial charge in [-0.2, -0.15) is 0 Å². The Balaban J connectivity index is 1.64. The van der Waals surface area contributed by atoms with Crippen molar-refractivity contribution in [1.82, 2.24) is 9.80 Å². The second kappa shape index (κ2) is 8.33. The third-order valence-corrected chi connectivity index (χ3v) is 5.89. The van der Waals surface area contributed by atoms with Crippen LogP contribution in [0.15, 0.2) is 30.3 Å². The van der Waals surface area contributed by atoms with E-state index in [1.165, 1.54) is 18.4 Å². The van der Waals surface area contributed by atoms with Crippen LogP contribution in [0.25, 0.3) is 0 Å². The largest absolute Gasteiger partial charge is 0.393 e. The van der Waals surface area contributed by atoms with E-state index in [0.717, 1.165) is 25.9 Å². The summed E-state index contributed by atoms with van der Waals surface area (Å²) < 4.78 is 0. The summed E-state index contributed by atoms with van der Waals surface area (Å²) in [7, 11) is 0. The molecular weight excluding hydrogens is 312 g/mol. The first kappa shape index (κ1) is 18.4. The number of carbonyl (C=O) groups is 1. The lowest BCUT2D eigenvalue weighted by molar-refractivity contribution is -0.136. The molecule has 4 nitrogen and oxygen atoms in total. The summed E-state index contributed by atoms with van der Waals surface area (Å²) in [5.74, 6) is 1.19. The topological polar surface area (TPSA) is 43.8 Å². The van der Waals surface area contributed by atoms with Crippen molar-refractivity contribution in [3.8, 4) is 0 Å². The molecule has 0 bridgehead atoms. The van der Waals surface area contributed by atoms with Crippen LogP contribution in [0.3, 0.4) is 0 Å². The molecule has 1 aliphatic heterocycles. The molecule has 4 heteroatoms. The summed E-state index contributed by atoms with van der Waals surface area (Å²) in [5.41, 5.74) is 1.20. The molecule has 25 heavy (non-hydrogen) atoms. The van der Waals surface area contributed by atoms with E-state index in [1.54, 1.807) is 0 Å². The van der Waals surface area contributed by atoms with Crippen molar-refractivity contribution < 1.29 is 9.90 Å². The van der Waals surface area contributed by atoms with Gasteiger partial charge < -0.3 is 10.0 Å². The number of benzene rings is 1. The maximum atomic E-state index is 13.1.